The molecule has 0 aliphatic heterocycles. The van der Waals surface area contributed by atoms with Crippen molar-refractivity contribution in [2.24, 2.45) is 11.8 Å². The van der Waals surface area contributed by atoms with Gasteiger partial charge in [-0.25, -0.2) is 0 Å². The van der Waals surface area contributed by atoms with Crippen molar-refractivity contribution in [1.29, 1.82) is 0 Å². The number of benzene rings is 1. The molecule has 1 saturated carbocycles. The lowest BCUT2D eigenvalue weighted by Crippen LogP contribution is -2.20. The molecule has 0 unspecified atom stereocenters. The lowest BCUT2D eigenvalue weighted by molar-refractivity contribution is -0.138. The number of anilines is 1. The minimum atomic E-state index is -4.28. The minimum absolute atomic E-state index is 0.273. The van der Waals surface area contributed by atoms with Crippen LogP contribution in [-0.4, -0.2) is 6.54 Å². The lowest BCUT2D eigenvalue weighted by Gasteiger charge is -2.26. The topological polar surface area (TPSA) is 12.0 Å². The molecule has 0 radical (unpaired) electrons. The van der Waals surface area contributed by atoms with Crippen LogP contribution >= 0.6 is 0 Å². The van der Waals surface area contributed by atoms with Gasteiger partial charge in [-0.2, -0.15) is 13.2 Å². The summed E-state index contributed by atoms with van der Waals surface area (Å²) in [5.74, 6) is 1.38. The molecule has 2 rings (SSSR count). The van der Waals surface area contributed by atoms with E-state index in [2.05, 4.69) is 12.2 Å². The van der Waals surface area contributed by atoms with Gasteiger partial charge in [-0.3, -0.25) is 0 Å². The summed E-state index contributed by atoms with van der Waals surface area (Å²) in [6, 6.07) is 4.49. The molecule has 1 aliphatic carbocycles. The Morgan fingerprint density at radius 3 is 2.40 bits per heavy atom. The Morgan fingerprint density at radius 2 is 1.80 bits per heavy atom. The fourth-order valence-corrected chi connectivity index (χ4v) is 2.83. The first-order valence-electron chi connectivity index (χ1n) is 7.28. The van der Waals surface area contributed by atoms with Crippen molar-refractivity contribution in [2.45, 2.75) is 45.7 Å². The summed E-state index contributed by atoms with van der Waals surface area (Å²) in [6.45, 7) is 4.53. The van der Waals surface area contributed by atoms with Gasteiger partial charge in [-0.05, 0) is 49.3 Å². The molecule has 0 aromatic heterocycles. The molecule has 1 aromatic carbocycles. The van der Waals surface area contributed by atoms with Crippen LogP contribution < -0.4 is 5.32 Å². The fourth-order valence-electron chi connectivity index (χ4n) is 2.83. The van der Waals surface area contributed by atoms with Crippen molar-refractivity contribution >= 4 is 5.69 Å². The molecule has 0 saturated heterocycles. The second-order valence-electron chi connectivity index (χ2n) is 6.03. The highest BCUT2D eigenvalue weighted by Gasteiger charge is 2.32. The SMILES string of the molecule is Cc1ccc(NCC2CCC(C)CC2)cc1C(F)(F)F. The van der Waals surface area contributed by atoms with Gasteiger partial charge in [0, 0.05) is 12.2 Å². The van der Waals surface area contributed by atoms with Gasteiger partial charge in [0.05, 0.1) is 5.56 Å². The Hall–Kier alpha value is -1.19. The van der Waals surface area contributed by atoms with Crippen LogP contribution in [0.4, 0.5) is 18.9 Å². The van der Waals surface area contributed by atoms with E-state index in [1.54, 1.807) is 6.07 Å². The average molecular weight is 285 g/mol. The predicted octanol–water partition coefficient (Wildman–Crippen LogP) is 5.25. The van der Waals surface area contributed by atoms with Gasteiger partial charge >= 0.3 is 6.18 Å². The number of hydrogen-bond donors (Lipinski definition) is 1. The Kier molecular flexibility index (Phi) is 4.61. The Bertz CT molecular complexity index is 446. The number of alkyl halides is 3. The highest BCUT2D eigenvalue weighted by atomic mass is 19.4. The molecule has 0 bridgehead atoms. The summed E-state index contributed by atoms with van der Waals surface area (Å²) in [7, 11) is 0. The Labute approximate surface area is 118 Å². The van der Waals surface area contributed by atoms with E-state index >= 15 is 0 Å². The van der Waals surface area contributed by atoms with Crippen LogP contribution in [0.15, 0.2) is 18.2 Å². The van der Waals surface area contributed by atoms with E-state index in [0.717, 1.165) is 12.5 Å². The molecule has 1 N–H and O–H groups in total. The molecule has 0 amide bonds. The number of halogens is 3. The van der Waals surface area contributed by atoms with Crippen LogP contribution in [0.2, 0.25) is 0 Å². The first-order valence-corrected chi connectivity index (χ1v) is 7.28. The molecule has 1 fully saturated rings. The number of nitrogens with one attached hydrogen (secondary N) is 1. The standard InChI is InChI=1S/C16H22F3N/c1-11-3-6-13(7-4-11)10-20-14-8-5-12(2)15(9-14)16(17,18)19/h5,8-9,11,13,20H,3-4,6-7,10H2,1-2H3. The maximum absolute atomic E-state index is 12.8. The predicted molar refractivity (Wildman–Crippen MR) is 75.8 cm³/mol. The maximum atomic E-state index is 12.8. The van der Waals surface area contributed by atoms with Crippen molar-refractivity contribution in [3.05, 3.63) is 29.3 Å². The number of rotatable bonds is 3. The zero-order valence-corrected chi connectivity index (χ0v) is 12.1. The second kappa shape index (κ2) is 6.06. The number of hydrogen-bond acceptors (Lipinski definition) is 1. The highest BCUT2D eigenvalue weighted by molar-refractivity contribution is 5.49. The molecule has 4 heteroatoms. The zero-order valence-electron chi connectivity index (χ0n) is 12.1. The van der Waals surface area contributed by atoms with Crippen molar-refractivity contribution in [3.8, 4) is 0 Å². The van der Waals surface area contributed by atoms with Crippen LogP contribution in [0.25, 0.3) is 0 Å². The monoisotopic (exact) mass is 285 g/mol. The molecule has 1 aromatic rings. The van der Waals surface area contributed by atoms with Crippen molar-refractivity contribution in [1.82, 2.24) is 0 Å². The molecule has 20 heavy (non-hydrogen) atoms. The maximum Gasteiger partial charge on any atom is 0.416 e. The summed E-state index contributed by atoms with van der Waals surface area (Å²) < 4.78 is 38.5. The van der Waals surface area contributed by atoms with E-state index in [1.807, 2.05) is 0 Å². The third-order valence-corrected chi connectivity index (χ3v) is 4.27. The summed E-state index contributed by atoms with van der Waals surface area (Å²) in [5.41, 5.74) is 0.302. The fraction of sp³-hybridized carbons (Fsp3) is 0.625. The van der Waals surface area contributed by atoms with E-state index < -0.39 is 11.7 Å². The van der Waals surface area contributed by atoms with Crippen molar-refractivity contribution in [3.63, 3.8) is 0 Å². The van der Waals surface area contributed by atoms with E-state index in [9.17, 15) is 13.2 Å². The van der Waals surface area contributed by atoms with Crippen LogP contribution in [0.1, 0.15) is 43.7 Å². The molecule has 112 valence electrons. The molecule has 1 aliphatic rings. The summed E-state index contributed by atoms with van der Waals surface area (Å²) >= 11 is 0. The van der Waals surface area contributed by atoms with Gasteiger partial charge in [0.25, 0.3) is 0 Å². The molecular formula is C16H22F3N. The van der Waals surface area contributed by atoms with Gasteiger partial charge in [-0.1, -0.05) is 25.8 Å². The van der Waals surface area contributed by atoms with Gasteiger partial charge < -0.3 is 5.32 Å². The van der Waals surface area contributed by atoms with Crippen LogP contribution in [0.5, 0.6) is 0 Å². The summed E-state index contributed by atoms with van der Waals surface area (Å²) in [5, 5.41) is 3.17. The second-order valence-corrected chi connectivity index (χ2v) is 6.03. The third-order valence-electron chi connectivity index (χ3n) is 4.27. The molecule has 0 heterocycles. The van der Waals surface area contributed by atoms with Crippen molar-refractivity contribution < 1.29 is 13.2 Å². The molecule has 1 nitrogen and oxygen atoms in total. The van der Waals surface area contributed by atoms with E-state index in [0.29, 0.717) is 11.6 Å². The largest absolute Gasteiger partial charge is 0.416 e. The average Bonchev–Trinajstić information content (AvgIpc) is 2.38. The first kappa shape index (κ1) is 15.2. The molecule has 0 atom stereocenters. The van der Waals surface area contributed by atoms with Gasteiger partial charge in [0.2, 0.25) is 0 Å². The Balaban J connectivity index is 1.96. The molecule has 0 spiro atoms. The van der Waals surface area contributed by atoms with E-state index in [4.69, 9.17) is 0 Å². The summed E-state index contributed by atoms with van der Waals surface area (Å²) in [6.07, 6.45) is 0.530. The van der Waals surface area contributed by atoms with Gasteiger partial charge in [-0.15, -0.1) is 0 Å². The van der Waals surface area contributed by atoms with Gasteiger partial charge in [0.15, 0.2) is 0 Å². The lowest BCUT2D eigenvalue weighted by atomic mass is 9.83. The Morgan fingerprint density at radius 1 is 1.15 bits per heavy atom. The van der Waals surface area contributed by atoms with Crippen LogP contribution in [0.3, 0.4) is 0 Å². The van der Waals surface area contributed by atoms with E-state index in [-0.39, 0.29) is 5.56 Å². The normalized spacial score (nSPS) is 23.6. The van der Waals surface area contributed by atoms with Crippen molar-refractivity contribution in [2.75, 3.05) is 11.9 Å². The van der Waals surface area contributed by atoms with E-state index in [1.165, 1.54) is 44.7 Å². The van der Waals surface area contributed by atoms with Gasteiger partial charge in [0.1, 0.15) is 0 Å². The number of aryl methyl sites for hydroxylation is 1. The van der Waals surface area contributed by atoms with Crippen LogP contribution in [-0.2, 0) is 6.18 Å². The smallest absolute Gasteiger partial charge is 0.385 e. The first-order chi connectivity index (χ1) is 9.36. The quantitative estimate of drug-likeness (QED) is 0.799. The third kappa shape index (κ3) is 3.90. The molecular weight excluding hydrogens is 263 g/mol. The zero-order chi connectivity index (χ0) is 14.8. The van der Waals surface area contributed by atoms with Crippen LogP contribution in [0, 0.1) is 18.8 Å². The summed E-state index contributed by atoms with van der Waals surface area (Å²) in [4.78, 5) is 0. The minimum Gasteiger partial charge on any atom is -0.385 e. The highest BCUT2D eigenvalue weighted by Crippen LogP contribution is 2.34.